The normalized spacial score (nSPS) is 10.9. The minimum atomic E-state index is -0.0133. The number of pyridine rings is 1. The van der Waals surface area contributed by atoms with Crippen molar-refractivity contribution in [2.24, 2.45) is 0 Å². The third-order valence-electron chi connectivity index (χ3n) is 4.07. The highest BCUT2D eigenvalue weighted by molar-refractivity contribution is 5.72. The second kappa shape index (κ2) is 6.70. The molecule has 0 saturated heterocycles. The molecule has 124 valence electrons. The number of fused-ring (bicyclic) bond motifs is 1. The minimum Gasteiger partial charge on any atom is -0.392 e. The highest BCUT2D eigenvalue weighted by Crippen LogP contribution is 2.26. The smallest absolute Gasteiger partial charge is 0.180 e. The molecule has 3 heterocycles. The van der Waals surface area contributed by atoms with Gasteiger partial charge in [0.15, 0.2) is 11.5 Å². The maximum absolute atomic E-state index is 9.59. The third kappa shape index (κ3) is 2.95. The molecule has 6 heteroatoms. The molecule has 0 aliphatic rings. The lowest BCUT2D eigenvalue weighted by Crippen LogP contribution is -2.04. The van der Waals surface area contributed by atoms with Crippen molar-refractivity contribution in [1.29, 1.82) is 0 Å². The highest BCUT2D eigenvalue weighted by Gasteiger charge is 2.12. The third-order valence-corrected chi connectivity index (χ3v) is 4.07. The van der Waals surface area contributed by atoms with Gasteiger partial charge in [-0.2, -0.15) is 0 Å². The molecule has 2 N–H and O–H groups in total. The van der Waals surface area contributed by atoms with E-state index in [0.29, 0.717) is 12.4 Å². The van der Waals surface area contributed by atoms with Gasteiger partial charge in [-0.1, -0.05) is 30.3 Å². The van der Waals surface area contributed by atoms with Crippen LogP contribution >= 0.6 is 0 Å². The summed E-state index contributed by atoms with van der Waals surface area (Å²) >= 11 is 0. The van der Waals surface area contributed by atoms with Gasteiger partial charge in [0.05, 0.1) is 18.5 Å². The molecule has 4 rings (SSSR count). The van der Waals surface area contributed by atoms with E-state index in [1.165, 1.54) is 0 Å². The second-order valence-corrected chi connectivity index (χ2v) is 5.64. The second-order valence-electron chi connectivity index (χ2n) is 5.64. The summed E-state index contributed by atoms with van der Waals surface area (Å²) < 4.78 is 1.98. The molecule has 0 spiro atoms. The SMILES string of the molecule is OCc1ccccc1-c1cnc2c(NCc3cccnc3)nccn12. The lowest BCUT2D eigenvalue weighted by atomic mass is 10.1. The fourth-order valence-electron chi connectivity index (χ4n) is 2.84. The standard InChI is InChI=1S/C19H17N5O/c25-13-15-5-1-2-6-16(15)17-12-23-19-18(21-8-9-24(17)19)22-11-14-4-3-7-20-10-14/h1-10,12,25H,11,13H2,(H,21,22). The quantitative estimate of drug-likeness (QED) is 0.588. The fourth-order valence-corrected chi connectivity index (χ4v) is 2.84. The number of nitrogens with zero attached hydrogens (tertiary/aromatic N) is 4. The summed E-state index contributed by atoms with van der Waals surface area (Å²) in [4.78, 5) is 13.0. The van der Waals surface area contributed by atoms with Crippen LogP contribution in [-0.2, 0) is 13.2 Å². The number of hydrogen-bond acceptors (Lipinski definition) is 5. The number of aromatic nitrogens is 4. The number of rotatable bonds is 5. The Balaban J connectivity index is 1.71. The fraction of sp³-hybridized carbons (Fsp3) is 0.105. The Kier molecular flexibility index (Phi) is 4.10. The average Bonchev–Trinajstić information content (AvgIpc) is 3.11. The van der Waals surface area contributed by atoms with Crippen LogP contribution in [0.5, 0.6) is 0 Å². The van der Waals surface area contributed by atoms with Gasteiger partial charge in [0, 0.05) is 36.9 Å². The summed E-state index contributed by atoms with van der Waals surface area (Å²) in [6, 6.07) is 11.7. The number of nitrogens with one attached hydrogen (secondary N) is 1. The predicted octanol–water partition coefficient (Wildman–Crippen LogP) is 2.90. The molecular formula is C19H17N5O. The highest BCUT2D eigenvalue weighted by atomic mass is 16.3. The Hall–Kier alpha value is -3.25. The number of imidazole rings is 1. The molecule has 0 fully saturated rings. The monoisotopic (exact) mass is 331 g/mol. The van der Waals surface area contributed by atoms with Crippen molar-refractivity contribution in [3.63, 3.8) is 0 Å². The molecule has 4 aromatic rings. The average molecular weight is 331 g/mol. The molecule has 6 nitrogen and oxygen atoms in total. The van der Waals surface area contributed by atoms with Crippen LogP contribution in [0.4, 0.5) is 5.82 Å². The zero-order chi connectivity index (χ0) is 17.1. The number of hydrogen-bond donors (Lipinski definition) is 2. The first-order valence-electron chi connectivity index (χ1n) is 8.01. The lowest BCUT2D eigenvalue weighted by Gasteiger charge is -2.09. The van der Waals surface area contributed by atoms with Gasteiger partial charge in [0.25, 0.3) is 0 Å². The zero-order valence-corrected chi connectivity index (χ0v) is 13.5. The molecule has 0 amide bonds. The van der Waals surface area contributed by atoms with Crippen molar-refractivity contribution in [3.8, 4) is 11.3 Å². The molecule has 0 radical (unpaired) electrons. The first-order valence-corrected chi connectivity index (χ1v) is 8.01. The summed E-state index contributed by atoms with van der Waals surface area (Å²) in [7, 11) is 0. The van der Waals surface area contributed by atoms with Crippen molar-refractivity contribution < 1.29 is 5.11 Å². The summed E-state index contributed by atoms with van der Waals surface area (Å²) in [6.07, 6.45) is 9.00. The predicted molar refractivity (Wildman–Crippen MR) is 95.9 cm³/mol. The van der Waals surface area contributed by atoms with Crippen molar-refractivity contribution in [2.45, 2.75) is 13.2 Å². The molecule has 0 saturated carbocycles. The molecule has 0 aliphatic carbocycles. The van der Waals surface area contributed by atoms with Crippen LogP contribution in [0.2, 0.25) is 0 Å². The topological polar surface area (TPSA) is 75.3 Å². The van der Waals surface area contributed by atoms with Crippen LogP contribution in [0.25, 0.3) is 16.9 Å². The van der Waals surface area contributed by atoms with Gasteiger partial charge in [-0.3, -0.25) is 9.38 Å². The van der Waals surface area contributed by atoms with E-state index in [-0.39, 0.29) is 6.61 Å². The van der Waals surface area contributed by atoms with E-state index in [2.05, 4.69) is 20.3 Å². The Morgan fingerprint density at radius 3 is 2.76 bits per heavy atom. The molecule has 0 aliphatic heterocycles. The van der Waals surface area contributed by atoms with Crippen molar-refractivity contribution in [1.82, 2.24) is 19.4 Å². The van der Waals surface area contributed by atoms with E-state index < -0.39 is 0 Å². The molecule has 3 aromatic heterocycles. The zero-order valence-electron chi connectivity index (χ0n) is 13.5. The maximum Gasteiger partial charge on any atom is 0.180 e. The van der Waals surface area contributed by atoms with Crippen LogP contribution < -0.4 is 5.32 Å². The van der Waals surface area contributed by atoms with Crippen LogP contribution in [0, 0.1) is 0 Å². The van der Waals surface area contributed by atoms with E-state index in [0.717, 1.165) is 28.0 Å². The molecule has 0 bridgehead atoms. The number of aliphatic hydroxyl groups is 1. The van der Waals surface area contributed by atoms with Crippen LogP contribution in [-0.4, -0.2) is 24.5 Å². The van der Waals surface area contributed by atoms with Crippen molar-refractivity contribution in [2.75, 3.05) is 5.32 Å². The van der Waals surface area contributed by atoms with Crippen molar-refractivity contribution >= 4 is 11.5 Å². The van der Waals surface area contributed by atoms with Gasteiger partial charge >= 0.3 is 0 Å². The Morgan fingerprint density at radius 1 is 1.00 bits per heavy atom. The maximum atomic E-state index is 9.59. The van der Waals surface area contributed by atoms with Gasteiger partial charge < -0.3 is 10.4 Å². The first kappa shape index (κ1) is 15.3. The van der Waals surface area contributed by atoms with E-state index in [1.54, 1.807) is 18.6 Å². The summed E-state index contributed by atoms with van der Waals surface area (Å²) in [5.74, 6) is 0.707. The Bertz CT molecular complexity index is 997. The van der Waals surface area contributed by atoms with Crippen LogP contribution in [0.3, 0.4) is 0 Å². The van der Waals surface area contributed by atoms with Gasteiger partial charge in [-0.05, 0) is 17.2 Å². The van der Waals surface area contributed by atoms with Gasteiger partial charge in [-0.15, -0.1) is 0 Å². The lowest BCUT2D eigenvalue weighted by molar-refractivity contribution is 0.282. The molecule has 25 heavy (non-hydrogen) atoms. The Morgan fingerprint density at radius 2 is 1.92 bits per heavy atom. The molecular weight excluding hydrogens is 314 g/mol. The largest absolute Gasteiger partial charge is 0.392 e. The number of aliphatic hydroxyl groups excluding tert-OH is 1. The van der Waals surface area contributed by atoms with E-state index in [4.69, 9.17) is 0 Å². The van der Waals surface area contributed by atoms with Gasteiger partial charge in [-0.25, -0.2) is 9.97 Å². The van der Waals surface area contributed by atoms with Crippen LogP contribution in [0.1, 0.15) is 11.1 Å². The number of anilines is 1. The van der Waals surface area contributed by atoms with Gasteiger partial charge in [0.2, 0.25) is 0 Å². The summed E-state index contributed by atoms with van der Waals surface area (Å²) in [5, 5.41) is 12.9. The Labute approximate surface area is 144 Å². The minimum absolute atomic E-state index is 0.0133. The summed E-state index contributed by atoms with van der Waals surface area (Å²) in [5.41, 5.74) is 4.57. The summed E-state index contributed by atoms with van der Waals surface area (Å²) in [6.45, 7) is 0.608. The van der Waals surface area contributed by atoms with E-state index in [1.807, 2.05) is 53.2 Å². The van der Waals surface area contributed by atoms with E-state index in [9.17, 15) is 5.11 Å². The number of benzene rings is 1. The van der Waals surface area contributed by atoms with E-state index >= 15 is 0 Å². The van der Waals surface area contributed by atoms with Crippen LogP contribution in [0.15, 0.2) is 67.4 Å². The first-order chi connectivity index (χ1) is 12.4. The van der Waals surface area contributed by atoms with Gasteiger partial charge in [0.1, 0.15) is 0 Å². The molecule has 0 atom stereocenters. The molecule has 1 aromatic carbocycles. The van der Waals surface area contributed by atoms with Crippen molar-refractivity contribution in [3.05, 3.63) is 78.5 Å². The molecule has 0 unspecified atom stereocenters.